The smallest absolute Gasteiger partial charge is 0.329 e. The van der Waals surface area contributed by atoms with Gasteiger partial charge >= 0.3 is 5.97 Å². The lowest BCUT2D eigenvalue weighted by Crippen LogP contribution is -2.30. The SMILES string of the molecule is Cc1sc2ncn([C@H](C)C(=O)OC(C)C)c(=O)c2c1C. The first-order valence-corrected chi connectivity index (χ1v) is 7.32. The molecule has 0 N–H and O–H groups in total. The molecule has 0 aromatic carbocycles. The van der Waals surface area contributed by atoms with Crippen molar-refractivity contribution < 1.29 is 9.53 Å². The van der Waals surface area contributed by atoms with Crippen LogP contribution in [0.3, 0.4) is 0 Å². The molecule has 1 atom stereocenters. The zero-order valence-electron chi connectivity index (χ0n) is 12.3. The number of carbonyl (C=O) groups is 1. The van der Waals surface area contributed by atoms with Crippen LogP contribution in [0.5, 0.6) is 0 Å². The molecule has 0 aliphatic rings. The van der Waals surface area contributed by atoms with E-state index in [-0.39, 0.29) is 11.7 Å². The van der Waals surface area contributed by atoms with Gasteiger partial charge in [-0.3, -0.25) is 9.36 Å². The molecule has 0 saturated heterocycles. The summed E-state index contributed by atoms with van der Waals surface area (Å²) in [5.41, 5.74) is 0.742. The van der Waals surface area contributed by atoms with Gasteiger partial charge < -0.3 is 4.74 Å². The van der Waals surface area contributed by atoms with Crippen LogP contribution >= 0.6 is 11.3 Å². The molecule has 20 heavy (non-hydrogen) atoms. The fraction of sp³-hybridized carbons (Fsp3) is 0.500. The zero-order chi connectivity index (χ0) is 15.0. The molecule has 0 unspecified atom stereocenters. The molecule has 0 saturated carbocycles. The quantitative estimate of drug-likeness (QED) is 0.816. The lowest BCUT2D eigenvalue weighted by atomic mass is 10.2. The summed E-state index contributed by atoms with van der Waals surface area (Å²) in [6.45, 7) is 9.07. The molecule has 0 bridgehead atoms. The van der Waals surface area contributed by atoms with Crippen molar-refractivity contribution in [3.05, 3.63) is 27.1 Å². The lowest BCUT2D eigenvalue weighted by Gasteiger charge is -2.15. The standard InChI is InChI=1S/C14H18N2O3S/c1-7(2)19-14(18)9(4)16-6-15-12-11(13(16)17)8(3)10(5)20-12/h6-7,9H,1-5H3/t9-/m1/s1. The predicted molar refractivity (Wildman–Crippen MR) is 79.3 cm³/mol. The maximum Gasteiger partial charge on any atom is 0.329 e. The molecule has 2 aromatic heterocycles. The second kappa shape index (κ2) is 5.36. The van der Waals surface area contributed by atoms with Crippen LogP contribution in [0.4, 0.5) is 0 Å². The third-order valence-electron chi connectivity index (χ3n) is 3.22. The normalized spacial score (nSPS) is 12.9. The molecule has 0 spiro atoms. The summed E-state index contributed by atoms with van der Waals surface area (Å²) in [5.74, 6) is -0.423. The Morgan fingerprint density at radius 2 is 2.00 bits per heavy atom. The van der Waals surface area contributed by atoms with Crippen molar-refractivity contribution in [3.8, 4) is 0 Å². The third-order valence-corrected chi connectivity index (χ3v) is 4.34. The highest BCUT2D eigenvalue weighted by Crippen LogP contribution is 2.25. The van der Waals surface area contributed by atoms with Crippen LogP contribution < -0.4 is 5.56 Å². The van der Waals surface area contributed by atoms with Gasteiger partial charge in [-0.1, -0.05) is 0 Å². The third kappa shape index (κ3) is 2.47. The van der Waals surface area contributed by atoms with Gasteiger partial charge in [0.25, 0.3) is 5.56 Å². The summed E-state index contributed by atoms with van der Waals surface area (Å²) in [7, 11) is 0. The Kier molecular flexibility index (Phi) is 3.94. The Balaban J connectivity index is 2.51. The Morgan fingerprint density at radius 3 is 2.60 bits per heavy atom. The van der Waals surface area contributed by atoms with E-state index in [1.807, 2.05) is 13.8 Å². The largest absolute Gasteiger partial charge is 0.461 e. The number of ether oxygens (including phenoxy) is 1. The van der Waals surface area contributed by atoms with E-state index in [0.717, 1.165) is 10.4 Å². The first kappa shape index (κ1) is 14.7. The Morgan fingerprint density at radius 1 is 1.35 bits per heavy atom. The summed E-state index contributed by atoms with van der Waals surface area (Å²) in [5, 5.41) is 0.596. The molecule has 5 nitrogen and oxygen atoms in total. The van der Waals surface area contributed by atoms with Crippen molar-refractivity contribution in [3.63, 3.8) is 0 Å². The number of thiophene rings is 1. The van der Waals surface area contributed by atoms with Crippen LogP contribution in [0.1, 0.15) is 37.3 Å². The molecule has 0 amide bonds. The van der Waals surface area contributed by atoms with Crippen molar-refractivity contribution in [2.24, 2.45) is 0 Å². The van der Waals surface area contributed by atoms with Crippen molar-refractivity contribution in [1.29, 1.82) is 0 Å². The van der Waals surface area contributed by atoms with E-state index >= 15 is 0 Å². The maximum absolute atomic E-state index is 12.5. The van der Waals surface area contributed by atoms with Crippen molar-refractivity contribution in [2.75, 3.05) is 0 Å². The average Bonchev–Trinajstić information content (AvgIpc) is 2.64. The van der Waals surface area contributed by atoms with Gasteiger partial charge in [-0.15, -0.1) is 11.3 Å². The predicted octanol–water partition coefficient (Wildman–Crippen LogP) is 2.59. The van der Waals surface area contributed by atoms with E-state index in [2.05, 4.69) is 4.98 Å². The molecule has 108 valence electrons. The van der Waals surface area contributed by atoms with Crippen molar-refractivity contribution in [1.82, 2.24) is 9.55 Å². The zero-order valence-corrected chi connectivity index (χ0v) is 13.1. The number of carbonyl (C=O) groups excluding carboxylic acids is 1. The number of esters is 1. The Bertz CT molecular complexity index is 715. The summed E-state index contributed by atoms with van der Waals surface area (Å²) < 4.78 is 6.48. The molecule has 0 radical (unpaired) electrons. The molecule has 2 aromatic rings. The highest BCUT2D eigenvalue weighted by atomic mass is 32.1. The van der Waals surface area contributed by atoms with Gasteiger partial charge in [0.1, 0.15) is 10.9 Å². The van der Waals surface area contributed by atoms with Gasteiger partial charge in [-0.2, -0.15) is 0 Å². The van der Waals surface area contributed by atoms with E-state index in [1.165, 1.54) is 22.2 Å². The van der Waals surface area contributed by atoms with E-state index < -0.39 is 12.0 Å². The monoisotopic (exact) mass is 294 g/mol. The van der Waals surface area contributed by atoms with Crippen molar-refractivity contribution in [2.45, 2.75) is 46.8 Å². The van der Waals surface area contributed by atoms with Crippen LogP contribution in [0.2, 0.25) is 0 Å². The van der Waals surface area contributed by atoms with Crippen LogP contribution in [-0.2, 0) is 9.53 Å². The summed E-state index contributed by atoms with van der Waals surface area (Å²) in [4.78, 5) is 30.5. The fourth-order valence-corrected chi connectivity index (χ4v) is 2.96. The first-order valence-electron chi connectivity index (χ1n) is 6.50. The number of nitrogens with zero attached hydrogens (tertiary/aromatic N) is 2. The molecule has 0 fully saturated rings. The number of hydrogen-bond donors (Lipinski definition) is 0. The number of rotatable bonds is 3. The molecular weight excluding hydrogens is 276 g/mol. The molecule has 2 heterocycles. The summed E-state index contributed by atoms with van der Waals surface area (Å²) >= 11 is 1.49. The summed E-state index contributed by atoms with van der Waals surface area (Å²) in [6, 6.07) is -0.679. The Hall–Kier alpha value is -1.69. The van der Waals surface area contributed by atoms with E-state index in [4.69, 9.17) is 4.74 Å². The highest BCUT2D eigenvalue weighted by Gasteiger charge is 2.21. The number of aryl methyl sites for hydroxylation is 2. The van der Waals surface area contributed by atoms with Gasteiger partial charge in [0.2, 0.25) is 0 Å². The van der Waals surface area contributed by atoms with Gasteiger partial charge in [0, 0.05) is 4.88 Å². The molecule has 0 aliphatic carbocycles. The van der Waals surface area contributed by atoms with E-state index in [0.29, 0.717) is 10.2 Å². The molecule has 2 rings (SSSR count). The van der Waals surface area contributed by atoms with E-state index in [1.54, 1.807) is 20.8 Å². The maximum atomic E-state index is 12.5. The number of aromatic nitrogens is 2. The second-order valence-electron chi connectivity index (χ2n) is 5.08. The van der Waals surface area contributed by atoms with Crippen LogP contribution in [0, 0.1) is 13.8 Å². The van der Waals surface area contributed by atoms with Crippen LogP contribution in [-0.4, -0.2) is 21.6 Å². The minimum atomic E-state index is -0.679. The molecular formula is C14H18N2O3S. The first-order chi connectivity index (χ1) is 9.32. The van der Waals surface area contributed by atoms with Gasteiger partial charge in [-0.05, 0) is 40.2 Å². The number of fused-ring (bicyclic) bond motifs is 1. The van der Waals surface area contributed by atoms with Gasteiger partial charge in [0.15, 0.2) is 0 Å². The fourth-order valence-electron chi connectivity index (χ4n) is 1.97. The lowest BCUT2D eigenvalue weighted by molar-refractivity contribution is -0.151. The van der Waals surface area contributed by atoms with Crippen LogP contribution in [0.15, 0.2) is 11.1 Å². The minimum absolute atomic E-state index is 0.190. The topological polar surface area (TPSA) is 61.2 Å². The summed E-state index contributed by atoms with van der Waals surface area (Å²) in [6.07, 6.45) is 1.22. The van der Waals surface area contributed by atoms with Crippen molar-refractivity contribution >= 4 is 27.5 Å². The minimum Gasteiger partial charge on any atom is -0.461 e. The number of hydrogen-bond acceptors (Lipinski definition) is 5. The molecule has 0 aliphatic heterocycles. The van der Waals surface area contributed by atoms with Gasteiger partial charge in [0.05, 0.1) is 17.8 Å². The van der Waals surface area contributed by atoms with Crippen LogP contribution in [0.25, 0.3) is 10.2 Å². The van der Waals surface area contributed by atoms with Gasteiger partial charge in [-0.25, -0.2) is 9.78 Å². The van der Waals surface area contributed by atoms with E-state index in [9.17, 15) is 9.59 Å². The molecule has 6 heteroatoms. The highest BCUT2D eigenvalue weighted by molar-refractivity contribution is 7.18. The Labute approximate surface area is 121 Å². The second-order valence-corrected chi connectivity index (χ2v) is 6.29. The average molecular weight is 294 g/mol.